The van der Waals surface area contributed by atoms with Gasteiger partial charge in [-0.05, 0) is 48.3 Å². The minimum atomic E-state index is -0.948. The number of carboxylic acid groups (broad SMARTS) is 1. The summed E-state index contributed by atoms with van der Waals surface area (Å²) in [6.07, 6.45) is 2.23. The van der Waals surface area contributed by atoms with Gasteiger partial charge in [-0.1, -0.05) is 45.4 Å². The molecule has 21 heavy (non-hydrogen) atoms. The standard InChI is InChI=1S/C17H24ClNO2/c1-15(2)9-16(3,4)11-17(10-15,14(20)21)19-13-7-5-6-12(18)8-13/h5-8,19H,9-11H2,1-4H3,(H,20,21). The molecule has 1 aliphatic carbocycles. The third kappa shape index (κ3) is 3.70. The first kappa shape index (κ1) is 16.2. The van der Waals surface area contributed by atoms with E-state index in [-0.39, 0.29) is 10.8 Å². The quantitative estimate of drug-likeness (QED) is 0.842. The predicted octanol–water partition coefficient (Wildman–Crippen LogP) is 4.81. The number of rotatable bonds is 3. The van der Waals surface area contributed by atoms with Crippen molar-refractivity contribution >= 4 is 23.3 Å². The molecule has 0 atom stereocenters. The van der Waals surface area contributed by atoms with E-state index in [1.807, 2.05) is 12.1 Å². The number of aliphatic carboxylic acids is 1. The van der Waals surface area contributed by atoms with Crippen molar-refractivity contribution in [1.29, 1.82) is 0 Å². The molecule has 1 fully saturated rings. The number of hydrogen-bond donors (Lipinski definition) is 2. The largest absolute Gasteiger partial charge is 0.480 e. The summed E-state index contributed by atoms with van der Waals surface area (Å²) in [6.45, 7) is 8.58. The van der Waals surface area contributed by atoms with Crippen molar-refractivity contribution < 1.29 is 9.90 Å². The van der Waals surface area contributed by atoms with Crippen LogP contribution in [0.2, 0.25) is 5.02 Å². The van der Waals surface area contributed by atoms with Crippen LogP contribution in [0.15, 0.2) is 24.3 Å². The van der Waals surface area contributed by atoms with Crippen molar-refractivity contribution in [2.75, 3.05) is 5.32 Å². The van der Waals surface area contributed by atoms with E-state index in [2.05, 4.69) is 33.0 Å². The Balaban J connectivity index is 2.39. The summed E-state index contributed by atoms with van der Waals surface area (Å²) in [7, 11) is 0. The molecule has 0 heterocycles. The fraction of sp³-hybridized carbons (Fsp3) is 0.588. The number of carbonyl (C=O) groups is 1. The maximum absolute atomic E-state index is 12.0. The molecular weight excluding hydrogens is 286 g/mol. The first-order valence-electron chi connectivity index (χ1n) is 7.31. The third-order valence-electron chi connectivity index (χ3n) is 4.14. The van der Waals surface area contributed by atoms with Gasteiger partial charge in [0.15, 0.2) is 0 Å². The second-order valence-electron chi connectivity index (χ2n) is 7.88. The lowest BCUT2D eigenvalue weighted by Gasteiger charge is -2.50. The monoisotopic (exact) mass is 309 g/mol. The molecule has 2 rings (SSSR count). The van der Waals surface area contributed by atoms with Crippen molar-refractivity contribution in [3.05, 3.63) is 29.3 Å². The molecule has 2 N–H and O–H groups in total. The molecule has 0 aliphatic heterocycles. The van der Waals surface area contributed by atoms with Gasteiger partial charge in [0.25, 0.3) is 0 Å². The molecule has 0 amide bonds. The maximum atomic E-state index is 12.0. The lowest BCUT2D eigenvalue weighted by molar-refractivity contribution is -0.147. The number of nitrogens with one attached hydrogen (secondary N) is 1. The molecule has 1 aromatic carbocycles. The number of carboxylic acids is 1. The Morgan fingerprint density at radius 3 is 2.19 bits per heavy atom. The smallest absolute Gasteiger partial charge is 0.329 e. The summed E-state index contributed by atoms with van der Waals surface area (Å²) in [4.78, 5) is 12.0. The van der Waals surface area contributed by atoms with Crippen molar-refractivity contribution in [1.82, 2.24) is 0 Å². The Morgan fingerprint density at radius 1 is 1.14 bits per heavy atom. The third-order valence-corrected chi connectivity index (χ3v) is 4.37. The van der Waals surface area contributed by atoms with E-state index in [1.165, 1.54) is 0 Å². The van der Waals surface area contributed by atoms with Gasteiger partial charge in [-0.25, -0.2) is 4.79 Å². The first-order chi connectivity index (χ1) is 9.54. The van der Waals surface area contributed by atoms with E-state index in [0.29, 0.717) is 17.9 Å². The van der Waals surface area contributed by atoms with Crippen molar-refractivity contribution in [2.24, 2.45) is 10.8 Å². The van der Waals surface area contributed by atoms with E-state index in [1.54, 1.807) is 12.1 Å². The van der Waals surface area contributed by atoms with E-state index >= 15 is 0 Å². The molecule has 3 nitrogen and oxygen atoms in total. The van der Waals surface area contributed by atoms with Gasteiger partial charge in [0.2, 0.25) is 0 Å². The number of halogens is 1. The zero-order valence-electron chi connectivity index (χ0n) is 13.2. The molecule has 0 aromatic heterocycles. The molecular formula is C17H24ClNO2. The topological polar surface area (TPSA) is 49.3 Å². The van der Waals surface area contributed by atoms with Crippen LogP contribution in [0.4, 0.5) is 5.69 Å². The molecule has 0 saturated heterocycles. The van der Waals surface area contributed by atoms with Gasteiger partial charge >= 0.3 is 5.97 Å². The molecule has 0 unspecified atom stereocenters. The van der Waals surface area contributed by atoms with Gasteiger partial charge < -0.3 is 10.4 Å². The highest BCUT2D eigenvalue weighted by Gasteiger charge is 2.52. The summed E-state index contributed by atoms with van der Waals surface area (Å²) in [5.74, 6) is -0.789. The lowest BCUT2D eigenvalue weighted by atomic mass is 9.58. The minimum absolute atomic E-state index is 0.0221. The van der Waals surface area contributed by atoms with Crippen LogP contribution in [0.5, 0.6) is 0 Å². The Morgan fingerprint density at radius 2 is 1.71 bits per heavy atom. The van der Waals surface area contributed by atoms with Gasteiger partial charge in [-0.3, -0.25) is 0 Å². The van der Waals surface area contributed by atoms with E-state index in [0.717, 1.165) is 12.1 Å². The van der Waals surface area contributed by atoms with Crippen LogP contribution in [0, 0.1) is 10.8 Å². The van der Waals surface area contributed by atoms with Gasteiger partial charge in [0.05, 0.1) is 0 Å². The highest BCUT2D eigenvalue weighted by molar-refractivity contribution is 6.30. The predicted molar refractivity (Wildman–Crippen MR) is 86.9 cm³/mol. The average Bonchev–Trinajstić information content (AvgIpc) is 2.23. The zero-order chi connectivity index (χ0) is 15.9. The van der Waals surface area contributed by atoms with Crippen LogP contribution in [-0.2, 0) is 4.79 Å². The van der Waals surface area contributed by atoms with Crippen LogP contribution in [0.1, 0.15) is 47.0 Å². The van der Waals surface area contributed by atoms with Crippen LogP contribution in [0.3, 0.4) is 0 Å². The molecule has 0 spiro atoms. The number of anilines is 1. The normalized spacial score (nSPS) is 22.5. The summed E-state index contributed by atoms with van der Waals surface area (Å²) < 4.78 is 0. The summed E-state index contributed by atoms with van der Waals surface area (Å²) in [5, 5.41) is 13.8. The van der Waals surface area contributed by atoms with Gasteiger partial charge in [0.1, 0.15) is 5.54 Å². The summed E-state index contributed by atoms with van der Waals surface area (Å²) in [5.41, 5.74) is -0.230. The Hall–Kier alpha value is -1.22. The van der Waals surface area contributed by atoms with Crippen molar-refractivity contribution in [3.63, 3.8) is 0 Å². The van der Waals surface area contributed by atoms with Crippen LogP contribution in [0.25, 0.3) is 0 Å². The van der Waals surface area contributed by atoms with Gasteiger partial charge in [-0.2, -0.15) is 0 Å². The van der Waals surface area contributed by atoms with Crippen LogP contribution >= 0.6 is 11.6 Å². The number of benzene rings is 1. The van der Waals surface area contributed by atoms with Crippen LogP contribution in [-0.4, -0.2) is 16.6 Å². The SMILES string of the molecule is CC1(C)CC(C)(C)CC(Nc2cccc(Cl)c2)(C(=O)O)C1. The highest BCUT2D eigenvalue weighted by atomic mass is 35.5. The highest BCUT2D eigenvalue weighted by Crippen LogP contribution is 2.51. The lowest BCUT2D eigenvalue weighted by Crippen LogP contribution is -2.56. The minimum Gasteiger partial charge on any atom is -0.480 e. The zero-order valence-corrected chi connectivity index (χ0v) is 13.9. The Labute approximate surface area is 131 Å². The Kier molecular flexibility index (Phi) is 4.00. The molecule has 1 aliphatic rings. The molecule has 0 bridgehead atoms. The van der Waals surface area contributed by atoms with Crippen molar-refractivity contribution in [2.45, 2.75) is 52.5 Å². The maximum Gasteiger partial charge on any atom is 0.329 e. The summed E-state index contributed by atoms with van der Waals surface area (Å²) >= 11 is 6.01. The second kappa shape index (κ2) is 5.20. The second-order valence-corrected chi connectivity index (χ2v) is 8.32. The van der Waals surface area contributed by atoms with E-state index in [4.69, 9.17) is 11.6 Å². The Bertz CT molecular complexity index is 535. The average molecular weight is 310 g/mol. The van der Waals surface area contributed by atoms with E-state index in [9.17, 15) is 9.90 Å². The van der Waals surface area contributed by atoms with Crippen LogP contribution < -0.4 is 5.32 Å². The van der Waals surface area contributed by atoms with Gasteiger partial charge in [0, 0.05) is 10.7 Å². The van der Waals surface area contributed by atoms with Crippen molar-refractivity contribution in [3.8, 4) is 0 Å². The molecule has 116 valence electrons. The molecule has 0 radical (unpaired) electrons. The first-order valence-corrected chi connectivity index (χ1v) is 7.69. The molecule has 1 saturated carbocycles. The molecule has 1 aromatic rings. The molecule has 4 heteroatoms. The number of hydrogen-bond acceptors (Lipinski definition) is 2. The van der Waals surface area contributed by atoms with E-state index < -0.39 is 11.5 Å². The fourth-order valence-electron chi connectivity index (χ4n) is 4.25. The summed E-state index contributed by atoms with van der Waals surface area (Å²) in [6, 6.07) is 7.26. The fourth-order valence-corrected chi connectivity index (χ4v) is 4.44. The van der Waals surface area contributed by atoms with Gasteiger partial charge in [-0.15, -0.1) is 0 Å².